The Morgan fingerprint density at radius 2 is 1.83 bits per heavy atom. The van der Waals surface area contributed by atoms with E-state index in [1.54, 1.807) is 37.4 Å². The van der Waals surface area contributed by atoms with Gasteiger partial charge in [0.15, 0.2) is 0 Å². The summed E-state index contributed by atoms with van der Waals surface area (Å²) in [6.07, 6.45) is 1.55. The van der Waals surface area contributed by atoms with E-state index in [0.29, 0.717) is 17.1 Å². The van der Waals surface area contributed by atoms with Crippen LogP contribution in [-0.2, 0) is 14.8 Å². The van der Waals surface area contributed by atoms with Crippen molar-refractivity contribution in [2.45, 2.75) is 11.8 Å². The summed E-state index contributed by atoms with van der Waals surface area (Å²) in [5.41, 5.74) is 1.09. The average molecular weight is 418 g/mol. The lowest BCUT2D eigenvalue weighted by Crippen LogP contribution is -2.35. The number of hydrogen-bond acceptors (Lipinski definition) is 4. The molecule has 0 unspecified atom stereocenters. The third kappa shape index (κ3) is 4.28. The van der Waals surface area contributed by atoms with Crippen LogP contribution >= 0.6 is 0 Å². The average Bonchev–Trinajstić information content (AvgIpc) is 3.00. The Bertz CT molecular complexity index is 1200. The van der Waals surface area contributed by atoms with E-state index >= 15 is 0 Å². The number of nitrogens with one attached hydrogen (secondary N) is 2. The summed E-state index contributed by atoms with van der Waals surface area (Å²) in [5, 5.41) is 2.64. The van der Waals surface area contributed by atoms with Crippen LogP contribution in [0.4, 0.5) is 10.1 Å². The molecule has 0 atom stereocenters. The Hall–Kier alpha value is -3.24. The van der Waals surface area contributed by atoms with Gasteiger partial charge in [0.05, 0.1) is 22.8 Å². The van der Waals surface area contributed by atoms with Gasteiger partial charge in [-0.05, 0) is 43.3 Å². The van der Waals surface area contributed by atoms with Crippen molar-refractivity contribution in [3.05, 3.63) is 76.7 Å². The number of likely N-dealkylation sites (N-methyl/N-ethyl adjacent to an activating group) is 1. The molecule has 3 rings (SSSR count). The van der Waals surface area contributed by atoms with Gasteiger partial charge in [-0.25, -0.2) is 17.6 Å². The monoisotopic (exact) mass is 418 g/mol. The van der Waals surface area contributed by atoms with Gasteiger partial charge in [-0.2, -0.15) is 4.31 Å². The van der Waals surface area contributed by atoms with Crippen LogP contribution in [0.1, 0.15) is 5.69 Å². The molecule has 1 amide bonds. The highest BCUT2D eigenvalue weighted by Gasteiger charge is 2.23. The van der Waals surface area contributed by atoms with Crippen LogP contribution in [0, 0.1) is 12.7 Å². The first kappa shape index (κ1) is 20.5. The number of nitrogens with zero attached hydrogens (tertiary/aromatic N) is 2. The van der Waals surface area contributed by atoms with E-state index in [1.165, 1.54) is 11.6 Å². The zero-order chi connectivity index (χ0) is 21.2. The summed E-state index contributed by atoms with van der Waals surface area (Å²) in [6, 6.07) is 11.0. The van der Waals surface area contributed by atoms with Crippen LogP contribution < -0.4 is 11.0 Å². The molecule has 2 N–H and O–H groups in total. The minimum absolute atomic E-state index is 0.121. The number of carbonyl (C=O) groups excluding carboxylic acids is 1. The van der Waals surface area contributed by atoms with Gasteiger partial charge in [0.2, 0.25) is 15.9 Å². The molecule has 1 heterocycles. The molecule has 1 aromatic heterocycles. The van der Waals surface area contributed by atoms with Crippen LogP contribution in [0.15, 0.2) is 64.4 Å². The number of aromatic nitrogens is 2. The predicted octanol–water partition coefficient (Wildman–Crippen LogP) is 1.87. The standard InChI is InChI=1S/C19H19FN4O4S/c1-13-11-21-19(26)24(13)17-6-4-3-5-16(17)22-18(25)12-23(2)29(27,28)15-9-7-14(20)8-10-15/h3-11H,12H2,1-2H3,(H,21,26)(H,22,25). The lowest BCUT2D eigenvalue weighted by atomic mass is 10.2. The molecule has 8 nitrogen and oxygen atoms in total. The molecular formula is C19H19FN4O4S. The second kappa shape index (κ2) is 8.02. The number of H-pyrrole nitrogens is 1. The maximum atomic E-state index is 13.0. The van der Waals surface area contributed by atoms with Crippen molar-refractivity contribution >= 4 is 21.6 Å². The quantitative estimate of drug-likeness (QED) is 0.638. The van der Waals surface area contributed by atoms with Gasteiger partial charge in [0.1, 0.15) is 5.82 Å². The molecule has 152 valence electrons. The van der Waals surface area contributed by atoms with Crippen LogP contribution in [-0.4, -0.2) is 41.8 Å². The third-order valence-electron chi connectivity index (χ3n) is 4.27. The van der Waals surface area contributed by atoms with Crippen LogP contribution in [0.3, 0.4) is 0 Å². The highest BCUT2D eigenvalue weighted by atomic mass is 32.2. The molecule has 2 aromatic carbocycles. The fourth-order valence-corrected chi connectivity index (χ4v) is 3.92. The van der Waals surface area contributed by atoms with Crippen LogP contribution in [0.2, 0.25) is 0 Å². The first-order valence-electron chi connectivity index (χ1n) is 8.58. The smallest absolute Gasteiger partial charge is 0.323 e. The molecule has 0 radical (unpaired) electrons. The van der Waals surface area contributed by atoms with Crippen LogP contribution in [0.5, 0.6) is 0 Å². The second-order valence-electron chi connectivity index (χ2n) is 6.35. The molecule has 0 saturated carbocycles. The Morgan fingerprint density at radius 3 is 2.45 bits per heavy atom. The Morgan fingerprint density at radius 1 is 1.17 bits per heavy atom. The molecular weight excluding hydrogens is 399 g/mol. The van der Waals surface area contributed by atoms with E-state index in [0.717, 1.165) is 28.6 Å². The van der Waals surface area contributed by atoms with E-state index in [1.807, 2.05) is 0 Å². The minimum Gasteiger partial charge on any atom is -0.323 e. The number of aryl methyl sites for hydroxylation is 1. The predicted molar refractivity (Wildman–Crippen MR) is 106 cm³/mol. The van der Waals surface area contributed by atoms with Gasteiger partial charge in [0.25, 0.3) is 0 Å². The summed E-state index contributed by atoms with van der Waals surface area (Å²) in [7, 11) is -2.71. The summed E-state index contributed by atoms with van der Waals surface area (Å²) in [6.45, 7) is 1.27. The lowest BCUT2D eigenvalue weighted by Gasteiger charge is -2.18. The number of sulfonamides is 1. The maximum absolute atomic E-state index is 13.0. The Balaban J connectivity index is 1.80. The zero-order valence-corrected chi connectivity index (χ0v) is 16.5. The van der Waals surface area contributed by atoms with Crippen molar-refractivity contribution in [2.24, 2.45) is 0 Å². The second-order valence-corrected chi connectivity index (χ2v) is 8.40. The topological polar surface area (TPSA) is 104 Å². The van der Waals surface area contributed by atoms with Crippen molar-refractivity contribution < 1.29 is 17.6 Å². The van der Waals surface area contributed by atoms with Crippen molar-refractivity contribution in [1.29, 1.82) is 0 Å². The number of halogens is 1. The number of anilines is 1. The van der Waals surface area contributed by atoms with Crippen molar-refractivity contribution in [3.8, 4) is 5.69 Å². The van der Waals surface area contributed by atoms with E-state index in [-0.39, 0.29) is 10.6 Å². The fourth-order valence-electron chi connectivity index (χ4n) is 2.79. The molecule has 0 aliphatic heterocycles. The van der Waals surface area contributed by atoms with Gasteiger partial charge in [-0.3, -0.25) is 9.36 Å². The summed E-state index contributed by atoms with van der Waals surface area (Å²) in [5.74, 6) is -1.15. The summed E-state index contributed by atoms with van der Waals surface area (Å²) < 4.78 is 40.4. The Labute approximate surface area is 166 Å². The number of aromatic amines is 1. The lowest BCUT2D eigenvalue weighted by molar-refractivity contribution is -0.116. The summed E-state index contributed by atoms with van der Waals surface area (Å²) in [4.78, 5) is 27.0. The molecule has 0 aliphatic rings. The van der Waals surface area contributed by atoms with E-state index < -0.39 is 28.3 Å². The van der Waals surface area contributed by atoms with Gasteiger partial charge >= 0.3 is 5.69 Å². The van der Waals surface area contributed by atoms with Gasteiger partial charge < -0.3 is 10.3 Å². The molecule has 0 saturated heterocycles. The van der Waals surface area contributed by atoms with Crippen molar-refractivity contribution in [3.63, 3.8) is 0 Å². The SMILES string of the molecule is Cc1c[nH]c(=O)n1-c1ccccc1NC(=O)CN(C)S(=O)(=O)c1ccc(F)cc1. The number of imidazole rings is 1. The number of para-hydroxylation sites is 2. The number of carbonyl (C=O) groups is 1. The van der Waals surface area contributed by atoms with Gasteiger partial charge in [-0.15, -0.1) is 0 Å². The molecule has 3 aromatic rings. The molecule has 29 heavy (non-hydrogen) atoms. The third-order valence-corrected chi connectivity index (χ3v) is 6.09. The van der Waals surface area contributed by atoms with Gasteiger partial charge in [0, 0.05) is 18.9 Å². The fraction of sp³-hybridized carbons (Fsp3) is 0.158. The molecule has 0 aliphatic carbocycles. The molecule has 0 fully saturated rings. The number of benzene rings is 2. The van der Waals surface area contributed by atoms with Crippen molar-refractivity contribution in [2.75, 3.05) is 18.9 Å². The highest BCUT2D eigenvalue weighted by Crippen LogP contribution is 2.20. The van der Waals surface area contributed by atoms with E-state index in [2.05, 4.69) is 10.3 Å². The van der Waals surface area contributed by atoms with Gasteiger partial charge in [-0.1, -0.05) is 12.1 Å². The molecule has 10 heteroatoms. The largest absolute Gasteiger partial charge is 0.330 e. The molecule has 0 bridgehead atoms. The minimum atomic E-state index is -3.96. The number of rotatable bonds is 6. The van der Waals surface area contributed by atoms with E-state index in [9.17, 15) is 22.4 Å². The molecule has 0 spiro atoms. The zero-order valence-electron chi connectivity index (χ0n) is 15.7. The Kier molecular flexibility index (Phi) is 5.66. The summed E-state index contributed by atoms with van der Waals surface area (Å²) >= 11 is 0. The maximum Gasteiger partial charge on any atom is 0.330 e. The normalized spacial score (nSPS) is 11.6. The first-order chi connectivity index (χ1) is 13.7. The highest BCUT2D eigenvalue weighted by molar-refractivity contribution is 7.89. The number of amides is 1. The van der Waals surface area contributed by atoms with Crippen LogP contribution in [0.25, 0.3) is 5.69 Å². The number of hydrogen-bond donors (Lipinski definition) is 2. The van der Waals surface area contributed by atoms with E-state index in [4.69, 9.17) is 0 Å². The first-order valence-corrected chi connectivity index (χ1v) is 10.0. The van der Waals surface area contributed by atoms with Crippen molar-refractivity contribution in [1.82, 2.24) is 13.9 Å².